The molecule has 3 aromatic carbocycles. The molecule has 0 radical (unpaired) electrons. The largest absolute Gasteiger partial charge is 0.491 e. The summed E-state index contributed by atoms with van der Waals surface area (Å²) in [6.45, 7) is 3.13. The Kier molecular flexibility index (Phi) is 7.56. The minimum Gasteiger partial charge on any atom is -0.489 e. The lowest BCUT2D eigenvalue weighted by Crippen LogP contribution is -2.28. The van der Waals surface area contributed by atoms with Gasteiger partial charge in [0.25, 0.3) is 5.91 Å². The van der Waals surface area contributed by atoms with Crippen LogP contribution in [0, 0.1) is 0 Å². The minimum absolute atomic E-state index is 0.101. The summed E-state index contributed by atoms with van der Waals surface area (Å²) >= 11 is 0. The average molecular weight is 538 g/mol. The lowest BCUT2D eigenvalue weighted by atomic mass is 10.2. The molecule has 10 heteroatoms. The van der Waals surface area contributed by atoms with Gasteiger partial charge in [0.1, 0.15) is 18.1 Å². The number of nitrogens with one attached hydrogen (secondary N) is 2. The van der Waals surface area contributed by atoms with Gasteiger partial charge >= 0.3 is 12.1 Å². The summed E-state index contributed by atoms with van der Waals surface area (Å²) in [5.41, 5.74) is 2.41. The molecule has 4 aromatic rings. The number of amides is 1. The first kappa shape index (κ1) is 26.3. The van der Waals surface area contributed by atoms with E-state index < -0.39 is 23.8 Å². The zero-order chi connectivity index (χ0) is 27.4. The normalized spacial score (nSPS) is 13.9. The van der Waals surface area contributed by atoms with Crippen molar-refractivity contribution in [1.29, 1.82) is 0 Å². The number of aromatic nitrogens is 1. The van der Waals surface area contributed by atoms with Gasteiger partial charge in [0.15, 0.2) is 5.75 Å². The fourth-order valence-electron chi connectivity index (χ4n) is 4.48. The summed E-state index contributed by atoms with van der Waals surface area (Å²) in [4.78, 5) is 30.0. The van der Waals surface area contributed by atoms with Crippen molar-refractivity contribution >= 4 is 28.5 Å². The number of halogens is 3. The number of anilines is 1. The highest BCUT2D eigenvalue weighted by Gasteiger charge is 2.42. The lowest BCUT2D eigenvalue weighted by molar-refractivity contribution is -0.189. The van der Waals surface area contributed by atoms with Crippen molar-refractivity contribution in [3.63, 3.8) is 0 Å². The van der Waals surface area contributed by atoms with Crippen LogP contribution < -0.4 is 14.8 Å². The van der Waals surface area contributed by atoms with Gasteiger partial charge in [-0.15, -0.1) is 0 Å². The number of esters is 1. The first-order valence-corrected chi connectivity index (χ1v) is 12.5. The highest BCUT2D eigenvalue weighted by atomic mass is 19.4. The molecule has 0 spiro atoms. The van der Waals surface area contributed by atoms with Crippen molar-refractivity contribution in [2.24, 2.45) is 0 Å². The minimum atomic E-state index is -5.25. The van der Waals surface area contributed by atoms with Crippen LogP contribution in [0.2, 0.25) is 0 Å². The van der Waals surface area contributed by atoms with Crippen molar-refractivity contribution in [3.05, 3.63) is 89.6 Å². The summed E-state index contributed by atoms with van der Waals surface area (Å²) in [5, 5.41) is 2.77. The molecule has 0 atom stereocenters. The molecule has 1 saturated heterocycles. The maximum absolute atomic E-state index is 13.1. The van der Waals surface area contributed by atoms with E-state index in [2.05, 4.69) is 15.2 Å². The highest BCUT2D eigenvalue weighted by Crippen LogP contribution is 2.35. The van der Waals surface area contributed by atoms with Gasteiger partial charge in [-0.25, -0.2) is 4.79 Å². The Labute approximate surface area is 222 Å². The number of rotatable bonds is 8. The van der Waals surface area contributed by atoms with Crippen LogP contribution in [-0.2, 0) is 17.9 Å². The first-order chi connectivity index (χ1) is 18.8. The molecule has 5 rings (SSSR count). The SMILES string of the molecule is O=C(Nc1ccc(CN2CCCC2)cc1)c1[nH]c2ccc(OCc3ccccc3)cc2c1OC(=O)C(F)(F)F. The Morgan fingerprint density at radius 1 is 0.923 bits per heavy atom. The van der Waals surface area contributed by atoms with Gasteiger partial charge < -0.3 is 19.8 Å². The van der Waals surface area contributed by atoms with E-state index in [1.165, 1.54) is 18.9 Å². The molecule has 0 saturated carbocycles. The van der Waals surface area contributed by atoms with Gasteiger partial charge in [-0.05, 0) is 67.4 Å². The summed E-state index contributed by atoms with van der Waals surface area (Å²) in [6, 6.07) is 21.1. The topological polar surface area (TPSA) is 83.7 Å². The second-order valence-electron chi connectivity index (χ2n) is 9.33. The molecular weight excluding hydrogens is 511 g/mol. The van der Waals surface area contributed by atoms with E-state index in [1.807, 2.05) is 42.5 Å². The van der Waals surface area contributed by atoms with E-state index in [-0.39, 0.29) is 17.7 Å². The molecule has 1 aromatic heterocycles. The van der Waals surface area contributed by atoms with Crippen LogP contribution >= 0.6 is 0 Å². The van der Waals surface area contributed by atoms with Gasteiger partial charge in [0.2, 0.25) is 0 Å². The third-order valence-corrected chi connectivity index (χ3v) is 6.44. The van der Waals surface area contributed by atoms with Gasteiger partial charge in [-0.1, -0.05) is 42.5 Å². The lowest BCUT2D eigenvalue weighted by Gasteiger charge is -2.15. The van der Waals surface area contributed by atoms with Crippen LogP contribution in [0.4, 0.5) is 18.9 Å². The van der Waals surface area contributed by atoms with Crippen LogP contribution in [0.5, 0.6) is 11.5 Å². The van der Waals surface area contributed by atoms with Gasteiger partial charge in [0, 0.05) is 17.6 Å². The summed E-state index contributed by atoms with van der Waals surface area (Å²) in [5.74, 6) is -3.38. The number of carbonyl (C=O) groups excluding carboxylic acids is 2. The molecule has 0 unspecified atom stereocenters. The third kappa shape index (κ3) is 6.40. The Morgan fingerprint density at radius 3 is 2.33 bits per heavy atom. The monoisotopic (exact) mass is 537 g/mol. The number of hydrogen-bond acceptors (Lipinski definition) is 5. The molecule has 2 N–H and O–H groups in total. The quantitative estimate of drug-likeness (QED) is 0.267. The Bertz CT molecular complexity index is 1460. The van der Waals surface area contributed by atoms with Crippen LogP contribution in [-0.4, -0.2) is 41.0 Å². The molecule has 1 aliphatic heterocycles. The van der Waals surface area contributed by atoms with E-state index in [0.29, 0.717) is 17.0 Å². The molecule has 0 aliphatic carbocycles. The maximum atomic E-state index is 13.1. The van der Waals surface area contributed by atoms with Crippen LogP contribution in [0.25, 0.3) is 10.9 Å². The zero-order valence-corrected chi connectivity index (χ0v) is 20.9. The van der Waals surface area contributed by atoms with E-state index in [9.17, 15) is 22.8 Å². The summed E-state index contributed by atoms with van der Waals surface area (Å²) in [6.07, 6.45) is -2.88. The number of likely N-dealkylation sites (tertiary alicyclic amines) is 1. The molecule has 1 amide bonds. The number of alkyl halides is 3. The van der Waals surface area contributed by atoms with Crippen LogP contribution in [0.3, 0.4) is 0 Å². The second kappa shape index (κ2) is 11.2. The van der Waals surface area contributed by atoms with Gasteiger partial charge in [0.05, 0.1) is 5.52 Å². The molecule has 0 bridgehead atoms. The van der Waals surface area contributed by atoms with E-state index in [1.54, 1.807) is 24.3 Å². The zero-order valence-electron chi connectivity index (χ0n) is 20.9. The highest BCUT2D eigenvalue weighted by molar-refractivity contribution is 6.10. The Hall–Kier alpha value is -4.31. The Morgan fingerprint density at radius 2 is 1.64 bits per heavy atom. The summed E-state index contributed by atoms with van der Waals surface area (Å²) < 4.78 is 49.7. The number of ether oxygens (including phenoxy) is 2. The molecule has 1 fully saturated rings. The molecular formula is C29H26F3N3O4. The number of H-pyrrole nitrogens is 1. The predicted octanol–water partition coefficient (Wildman–Crippen LogP) is 6.06. The molecule has 202 valence electrons. The van der Waals surface area contributed by atoms with Gasteiger partial charge in [-0.3, -0.25) is 9.69 Å². The van der Waals surface area contributed by atoms with E-state index >= 15 is 0 Å². The van der Waals surface area contributed by atoms with Crippen molar-refractivity contribution in [2.75, 3.05) is 18.4 Å². The number of fused-ring (bicyclic) bond motifs is 1. The number of carbonyl (C=O) groups is 2. The van der Waals surface area contributed by atoms with Crippen molar-refractivity contribution in [1.82, 2.24) is 9.88 Å². The van der Waals surface area contributed by atoms with E-state index in [4.69, 9.17) is 9.47 Å². The van der Waals surface area contributed by atoms with Gasteiger partial charge in [-0.2, -0.15) is 13.2 Å². The number of hydrogen-bond donors (Lipinski definition) is 2. The predicted molar refractivity (Wildman–Crippen MR) is 140 cm³/mol. The standard InChI is InChI=1S/C29H26F3N3O4/c30-29(31,32)28(37)39-26-23-16-22(38-18-20-6-2-1-3-7-20)12-13-24(23)34-25(26)27(36)33-21-10-8-19(9-11-21)17-35-14-4-5-15-35/h1-3,6-13,16,34H,4-5,14-15,17-18H2,(H,33,36). The van der Waals surface area contributed by atoms with Crippen molar-refractivity contribution < 1.29 is 32.2 Å². The number of nitrogens with zero attached hydrogens (tertiary/aromatic N) is 1. The van der Waals surface area contributed by atoms with Crippen LogP contribution in [0.15, 0.2) is 72.8 Å². The maximum Gasteiger partial charge on any atom is 0.491 e. The smallest absolute Gasteiger partial charge is 0.489 e. The van der Waals surface area contributed by atoms with Crippen molar-refractivity contribution in [3.8, 4) is 11.5 Å². The molecule has 7 nitrogen and oxygen atoms in total. The number of benzene rings is 3. The third-order valence-electron chi connectivity index (χ3n) is 6.44. The fourth-order valence-corrected chi connectivity index (χ4v) is 4.48. The average Bonchev–Trinajstić information content (AvgIpc) is 3.56. The molecule has 39 heavy (non-hydrogen) atoms. The summed E-state index contributed by atoms with van der Waals surface area (Å²) in [7, 11) is 0. The number of aromatic amines is 1. The van der Waals surface area contributed by atoms with E-state index in [0.717, 1.165) is 30.8 Å². The molecule has 1 aliphatic rings. The van der Waals surface area contributed by atoms with Crippen LogP contribution in [0.1, 0.15) is 34.5 Å². The second-order valence-corrected chi connectivity index (χ2v) is 9.33. The van der Waals surface area contributed by atoms with Crippen molar-refractivity contribution in [2.45, 2.75) is 32.2 Å². The Balaban J connectivity index is 1.39. The molecule has 2 heterocycles. The fraction of sp³-hybridized carbons (Fsp3) is 0.241. The first-order valence-electron chi connectivity index (χ1n) is 12.5.